The van der Waals surface area contributed by atoms with Gasteiger partial charge in [-0.2, -0.15) is 18.4 Å². The van der Waals surface area contributed by atoms with Crippen molar-refractivity contribution in [2.24, 2.45) is 0 Å². The van der Waals surface area contributed by atoms with Crippen LogP contribution in [0.3, 0.4) is 0 Å². The van der Waals surface area contributed by atoms with Crippen molar-refractivity contribution in [2.75, 3.05) is 6.61 Å². The lowest BCUT2D eigenvalue weighted by Gasteiger charge is -2.14. The zero-order valence-electron chi connectivity index (χ0n) is 12.3. The van der Waals surface area contributed by atoms with Crippen LogP contribution in [0.5, 0.6) is 0 Å². The molecule has 0 bridgehead atoms. The highest BCUT2D eigenvalue weighted by atomic mass is 32.2. The van der Waals surface area contributed by atoms with Gasteiger partial charge in [0.2, 0.25) is 0 Å². The average Bonchev–Trinajstić information content (AvgIpc) is 2.51. The Morgan fingerprint density at radius 1 is 1.46 bits per heavy atom. The summed E-state index contributed by atoms with van der Waals surface area (Å²) in [4.78, 5) is 22.5. The number of thioether (sulfide) groups is 1. The molecule has 1 rings (SSSR count). The van der Waals surface area contributed by atoms with Crippen LogP contribution >= 0.6 is 11.8 Å². The third-order valence-electron chi connectivity index (χ3n) is 2.55. The van der Waals surface area contributed by atoms with Crippen LogP contribution in [-0.2, 0) is 9.53 Å². The highest BCUT2D eigenvalue weighted by Gasteiger charge is 2.30. The lowest BCUT2D eigenvalue weighted by molar-refractivity contribution is -0.137. The molecule has 0 radical (unpaired) electrons. The molecule has 0 aromatic heterocycles. The van der Waals surface area contributed by atoms with Crippen molar-refractivity contribution < 1.29 is 27.5 Å². The Morgan fingerprint density at radius 3 is 2.67 bits per heavy atom. The quantitative estimate of drug-likeness (QED) is 0.379. The number of nitriles is 1. The van der Waals surface area contributed by atoms with E-state index in [4.69, 9.17) is 11.7 Å². The van der Waals surface area contributed by atoms with Crippen LogP contribution in [0.2, 0.25) is 0 Å². The Labute approximate surface area is 140 Å². The Balaban J connectivity index is 2.80. The molecule has 9 heteroatoms. The summed E-state index contributed by atoms with van der Waals surface area (Å²) in [5, 5.41) is 11.4. The number of terminal acetylenes is 1. The summed E-state index contributed by atoms with van der Waals surface area (Å²) in [7, 11) is 0. The second kappa shape index (κ2) is 8.27. The largest absolute Gasteiger partial charge is 0.454 e. The third-order valence-corrected chi connectivity index (χ3v) is 3.36. The van der Waals surface area contributed by atoms with Crippen molar-refractivity contribution in [3.8, 4) is 18.4 Å². The van der Waals surface area contributed by atoms with Gasteiger partial charge < -0.3 is 10.1 Å². The molecule has 0 fully saturated rings. The number of benzene rings is 1. The van der Waals surface area contributed by atoms with E-state index in [1.54, 1.807) is 18.9 Å². The molecule has 0 aliphatic rings. The fourth-order valence-electron chi connectivity index (χ4n) is 1.56. The predicted molar refractivity (Wildman–Crippen MR) is 79.8 cm³/mol. The molecule has 24 heavy (non-hydrogen) atoms. The molecule has 0 heterocycles. The van der Waals surface area contributed by atoms with E-state index in [1.165, 1.54) is 6.07 Å². The van der Waals surface area contributed by atoms with E-state index in [9.17, 15) is 22.8 Å². The molecule has 0 aliphatic carbocycles. The summed E-state index contributed by atoms with van der Waals surface area (Å²) in [6, 6.07) is 4.32. The van der Waals surface area contributed by atoms with E-state index >= 15 is 0 Å². The number of carbonyl (C=O) groups is 2. The third kappa shape index (κ3) is 6.23. The zero-order valence-corrected chi connectivity index (χ0v) is 13.1. The van der Waals surface area contributed by atoms with Crippen LogP contribution < -0.4 is 5.32 Å². The van der Waals surface area contributed by atoms with Gasteiger partial charge in [-0.1, -0.05) is 0 Å². The second-order valence-corrected chi connectivity index (χ2v) is 5.59. The second-order valence-electron chi connectivity index (χ2n) is 4.49. The summed E-state index contributed by atoms with van der Waals surface area (Å²) in [6.45, 7) is 1.38. The van der Waals surface area contributed by atoms with E-state index in [0.717, 1.165) is 12.1 Å². The number of carbonyl (C=O) groups excluding carboxylic acids is 2. The normalized spacial score (nSPS) is 11.8. The zero-order chi connectivity index (χ0) is 18.3. The SMILES string of the molecule is C#CC(=O)OCC(C)NC(=O)c1ccc(SC(F)(F)F)c(C#N)c1. The van der Waals surface area contributed by atoms with Crippen molar-refractivity contribution in [3.05, 3.63) is 29.3 Å². The van der Waals surface area contributed by atoms with Crippen molar-refractivity contribution in [1.82, 2.24) is 5.32 Å². The molecule has 1 atom stereocenters. The minimum atomic E-state index is -4.54. The van der Waals surface area contributed by atoms with Crippen LogP contribution in [-0.4, -0.2) is 30.0 Å². The molecule has 1 aromatic rings. The van der Waals surface area contributed by atoms with Gasteiger partial charge in [-0.25, -0.2) is 4.79 Å². The molecule has 0 saturated heterocycles. The van der Waals surface area contributed by atoms with Crippen LogP contribution in [0.4, 0.5) is 13.2 Å². The molecular formula is C15H11F3N2O3S. The average molecular weight is 356 g/mol. The molecule has 1 unspecified atom stereocenters. The van der Waals surface area contributed by atoms with E-state index in [1.807, 2.05) is 0 Å². The number of halogens is 3. The van der Waals surface area contributed by atoms with Gasteiger partial charge in [-0.05, 0) is 36.9 Å². The number of ether oxygens (including phenoxy) is 1. The molecule has 1 N–H and O–H groups in total. The Morgan fingerprint density at radius 2 is 2.12 bits per heavy atom. The fraction of sp³-hybridized carbons (Fsp3) is 0.267. The van der Waals surface area contributed by atoms with Crippen molar-refractivity contribution in [1.29, 1.82) is 5.26 Å². The molecule has 126 valence electrons. The van der Waals surface area contributed by atoms with Gasteiger partial charge in [0.15, 0.2) is 0 Å². The van der Waals surface area contributed by atoms with E-state index in [0.29, 0.717) is 0 Å². The number of esters is 1. The fourth-order valence-corrected chi connectivity index (χ4v) is 2.16. The molecular weight excluding hydrogens is 345 g/mol. The maximum atomic E-state index is 12.4. The lowest BCUT2D eigenvalue weighted by atomic mass is 10.1. The van der Waals surface area contributed by atoms with E-state index < -0.39 is 35.2 Å². The number of alkyl halides is 3. The van der Waals surface area contributed by atoms with E-state index in [2.05, 4.69) is 10.1 Å². The lowest BCUT2D eigenvalue weighted by Crippen LogP contribution is -2.36. The van der Waals surface area contributed by atoms with Gasteiger partial charge in [-0.3, -0.25) is 4.79 Å². The minimum Gasteiger partial charge on any atom is -0.454 e. The Hall–Kier alpha value is -2.65. The summed E-state index contributed by atoms with van der Waals surface area (Å²) in [6.07, 6.45) is 4.82. The topological polar surface area (TPSA) is 79.2 Å². The smallest absolute Gasteiger partial charge is 0.446 e. The highest BCUT2D eigenvalue weighted by Crippen LogP contribution is 2.38. The van der Waals surface area contributed by atoms with Gasteiger partial charge in [0.05, 0.1) is 11.6 Å². The van der Waals surface area contributed by atoms with Crippen molar-refractivity contribution in [3.63, 3.8) is 0 Å². The number of rotatable bonds is 5. The van der Waals surface area contributed by atoms with Gasteiger partial charge in [-0.15, -0.1) is 6.42 Å². The first-order valence-electron chi connectivity index (χ1n) is 6.40. The van der Waals surface area contributed by atoms with Crippen LogP contribution in [0.25, 0.3) is 0 Å². The number of hydrogen-bond donors (Lipinski definition) is 1. The van der Waals surface area contributed by atoms with Gasteiger partial charge >= 0.3 is 11.5 Å². The molecule has 5 nitrogen and oxygen atoms in total. The predicted octanol–water partition coefficient (Wildman–Crippen LogP) is 2.46. The van der Waals surface area contributed by atoms with E-state index in [-0.39, 0.29) is 22.6 Å². The van der Waals surface area contributed by atoms with Crippen LogP contribution in [0.1, 0.15) is 22.8 Å². The van der Waals surface area contributed by atoms with Gasteiger partial charge in [0.25, 0.3) is 5.91 Å². The van der Waals surface area contributed by atoms with Gasteiger partial charge in [0.1, 0.15) is 12.7 Å². The maximum absolute atomic E-state index is 12.4. The first-order chi connectivity index (χ1) is 11.2. The molecule has 0 aliphatic heterocycles. The Bertz CT molecular complexity index is 720. The minimum absolute atomic E-state index is 0.00759. The van der Waals surface area contributed by atoms with Crippen LogP contribution in [0.15, 0.2) is 23.1 Å². The highest BCUT2D eigenvalue weighted by molar-refractivity contribution is 8.00. The Kier molecular flexibility index (Phi) is 6.69. The first-order valence-corrected chi connectivity index (χ1v) is 7.22. The summed E-state index contributed by atoms with van der Waals surface area (Å²) in [5.74, 6) is 0.237. The molecule has 1 aromatic carbocycles. The van der Waals surface area contributed by atoms with Crippen LogP contribution in [0, 0.1) is 23.7 Å². The van der Waals surface area contributed by atoms with Crippen molar-refractivity contribution in [2.45, 2.75) is 23.4 Å². The number of nitrogens with one attached hydrogen (secondary N) is 1. The summed E-state index contributed by atoms with van der Waals surface area (Å²) >= 11 is -0.430. The monoisotopic (exact) mass is 356 g/mol. The van der Waals surface area contributed by atoms with Crippen molar-refractivity contribution >= 4 is 23.6 Å². The molecule has 1 amide bonds. The molecule has 0 spiro atoms. The number of nitrogens with zero attached hydrogens (tertiary/aromatic N) is 1. The standard InChI is InChI=1S/C15H11F3N2O3S/c1-3-13(21)23-8-9(2)20-14(22)10-4-5-12(11(6-10)7-19)24-15(16,17)18/h1,4-6,9H,8H2,2H3,(H,20,22). The summed E-state index contributed by atoms with van der Waals surface area (Å²) < 4.78 is 41.8. The maximum Gasteiger partial charge on any atom is 0.446 e. The number of amides is 1. The number of hydrogen-bond acceptors (Lipinski definition) is 5. The first kappa shape index (κ1) is 19.4. The van der Waals surface area contributed by atoms with Gasteiger partial charge in [0, 0.05) is 16.4 Å². The summed E-state index contributed by atoms with van der Waals surface area (Å²) in [5.41, 5.74) is -4.80. The molecule has 0 saturated carbocycles.